The van der Waals surface area contributed by atoms with E-state index in [0.717, 1.165) is 4.31 Å². The molecule has 1 saturated heterocycles. The largest absolute Gasteiger partial charge is 0.479 e. The number of pyridine rings is 1. The van der Waals surface area contributed by atoms with E-state index in [0.29, 0.717) is 4.47 Å². The number of sulfonamides is 1. The summed E-state index contributed by atoms with van der Waals surface area (Å²) in [7, 11) is -3.75. The molecule has 0 amide bonds. The molecule has 1 aliphatic rings. The standard InChI is InChI=1S/C10H11BrN2O5S/c11-7-3-8(5-12-4-7)19(16,17)13-1-2-18-9(6-13)10(14)15/h3-5,9H,1-2,6H2,(H,14,15). The molecule has 1 aromatic heterocycles. The van der Waals surface area contributed by atoms with Gasteiger partial charge < -0.3 is 9.84 Å². The van der Waals surface area contributed by atoms with Crippen LogP contribution in [0.4, 0.5) is 0 Å². The molecule has 0 radical (unpaired) electrons. The van der Waals surface area contributed by atoms with Crippen LogP contribution in [0.1, 0.15) is 0 Å². The van der Waals surface area contributed by atoms with Crippen molar-refractivity contribution in [2.75, 3.05) is 19.7 Å². The minimum atomic E-state index is -3.75. The minimum absolute atomic E-state index is 0.0212. The number of aromatic nitrogens is 1. The van der Waals surface area contributed by atoms with Crippen molar-refractivity contribution >= 4 is 31.9 Å². The third-order valence-electron chi connectivity index (χ3n) is 2.62. The first-order valence-corrected chi connectivity index (χ1v) is 7.59. The first-order chi connectivity index (χ1) is 8.91. The Hall–Kier alpha value is -1.03. The molecule has 1 atom stereocenters. The average molecular weight is 351 g/mol. The van der Waals surface area contributed by atoms with Gasteiger partial charge in [0.2, 0.25) is 10.0 Å². The first-order valence-electron chi connectivity index (χ1n) is 5.36. The summed E-state index contributed by atoms with van der Waals surface area (Å²) in [6, 6.07) is 1.42. The highest BCUT2D eigenvalue weighted by molar-refractivity contribution is 9.10. The Morgan fingerprint density at radius 2 is 2.26 bits per heavy atom. The molecule has 1 N–H and O–H groups in total. The second kappa shape index (κ2) is 5.53. The lowest BCUT2D eigenvalue weighted by Crippen LogP contribution is -2.48. The Morgan fingerprint density at radius 1 is 1.53 bits per heavy atom. The van der Waals surface area contributed by atoms with Crippen LogP contribution in [-0.4, -0.2) is 54.6 Å². The van der Waals surface area contributed by atoms with Crippen molar-refractivity contribution in [1.82, 2.24) is 9.29 Å². The number of carbonyl (C=O) groups is 1. The lowest BCUT2D eigenvalue weighted by molar-refractivity contribution is -0.153. The van der Waals surface area contributed by atoms with Gasteiger partial charge in [0, 0.05) is 23.4 Å². The highest BCUT2D eigenvalue weighted by Crippen LogP contribution is 2.20. The fraction of sp³-hybridized carbons (Fsp3) is 0.400. The molecule has 0 saturated carbocycles. The molecule has 9 heteroatoms. The van der Waals surface area contributed by atoms with Crippen LogP contribution in [0.5, 0.6) is 0 Å². The summed E-state index contributed by atoms with van der Waals surface area (Å²) in [6.07, 6.45) is 1.56. The van der Waals surface area contributed by atoms with E-state index in [4.69, 9.17) is 9.84 Å². The van der Waals surface area contributed by atoms with Gasteiger partial charge in [0.1, 0.15) is 4.90 Å². The summed E-state index contributed by atoms with van der Waals surface area (Å²) in [5, 5.41) is 8.87. The number of hydrogen-bond acceptors (Lipinski definition) is 5. The molecule has 1 unspecified atom stereocenters. The zero-order valence-corrected chi connectivity index (χ0v) is 12.1. The molecule has 2 heterocycles. The first kappa shape index (κ1) is 14.4. The maximum absolute atomic E-state index is 12.3. The lowest BCUT2D eigenvalue weighted by Gasteiger charge is -2.29. The van der Waals surface area contributed by atoms with Crippen molar-refractivity contribution in [1.29, 1.82) is 0 Å². The maximum atomic E-state index is 12.3. The fourth-order valence-electron chi connectivity index (χ4n) is 1.68. The van der Waals surface area contributed by atoms with Gasteiger partial charge >= 0.3 is 5.97 Å². The van der Waals surface area contributed by atoms with Crippen LogP contribution >= 0.6 is 15.9 Å². The molecular weight excluding hydrogens is 340 g/mol. The van der Waals surface area contributed by atoms with Gasteiger partial charge in [-0.25, -0.2) is 13.2 Å². The molecular formula is C10H11BrN2O5S. The SMILES string of the molecule is O=C(O)C1CN(S(=O)(=O)c2cncc(Br)c2)CCO1. The van der Waals surface area contributed by atoms with Crippen LogP contribution in [0.3, 0.4) is 0 Å². The highest BCUT2D eigenvalue weighted by atomic mass is 79.9. The predicted molar refractivity (Wildman–Crippen MR) is 68.1 cm³/mol. The molecule has 104 valence electrons. The van der Waals surface area contributed by atoms with Crippen LogP contribution < -0.4 is 0 Å². The van der Waals surface area contributed by atoms with Gasteiger partial charge in [-0.1, -0.05) is 0 Å². The summed E-state index contributed by atoms with van der Waals surface area (Å²) < 4.78 is 31.3. The van der Waals surface area contributed by atoms with E-state index in [9.17, 15) is 13.2 Å². The van der Waals surface area contributed by atoms with Crippen LogP contribution in [0, 0.1) is 0 Å². The monoisotopic (exact) mass is 350 g/mol. The van der Waals surface area contributed by atoms with Gasteiger partial charge in [-0.05, 0) is 22.0 Å². The smallest absolute Gasteiger partial charge is 0.334 e. The van der Waals surface area contributed by atoms with Crippen molar-refractivity contribution in [2.45, 2.75) is 11.0 Å². The topological polar surface area (TPSA) is 96.8 Å². The maximum Gasteiger partial charge on any atom is 0.334 e. The number of nitrogens with zero attached hydrogens (tertiary/aromatic N) is 2. The van der Waals surface area contributed by atoms with Crippen molar-refractivity contribution in [3.8, 4) is 0 Å². The molecule has 1 aliphatic heterocycles. The molecule has 0 spiro atoms. The van der Waals surface area contributed by atoms with E-state index in [2.05, 4.69) is 20.9 Å². The summed E-state index contributed by atoms with van der Waals surface area (Å²) >= 11 is 3.15. The Bertz CT molecular complexity index is 591. The van der Waals surface area contributed by atoms with E-state index in [1.807, 2.05) is 0 Å². The third kappa shape index (κ3) is 3.11. The van der Waals surface area contributed by atoms with E-state index in [1.165, 1.54) is 18.5 Å². The normalized spacial score (nSPS) is 21.2. The van der Waals surface area contributed by atoms with E-state index < -0.39 is 22.1 Å². The average Bonchev–Trinajstić information content (AvgIpc) is 2.39. The van der Waals surface area contributed by atoms with E-state index in [-0.39, 0.29) is 24.6 Å². The minimum Gasteiger partial charge on any atom is -0.479 e. The quantitative estimate of drug-likeness (QED) is 0.842. The number of rotatable bonds is 3. The Labute approximate surface area is 118 Å². The summed E-state index contributed by atoms with van der Waals surface area (Å²) in [4.78, 5) is 14.7. The van der Waals surface area contributed by atoms with Crippen LogP contribution in [0.15, 0.2) is 27.8 Å². The van der Waals surface area contributed by atoms with Crippen LogP contribution in [0.2, 0.25) is 0 Å². The van der Waals surface area contributed by atoms with Gasteiger partial charge in [-0.3, -0.25) is 4.98 Å². The number of halogens is 1. The zero-order valence-electron chi connectivity index (χ0n) is 9.69. The van der Waals surface area contributed by atoms with Crippen molar-refractivity contribution < 1.29 is 23.1 Å². The number of morpholine rings is 1. The van der Waals surface area contributed by atoms with Gasteiger partial charge in [-0.15, -0.1) is 0 Å². The van der Waals surface area contributed by atoms with E-state index in [1.54, 1.807) is 0 Å². The summed E-state index contributed by atoms with van der Waals surface area (Å²) in [5.74, 6) is -1.17. The summed E-state index contributed by atoms with van der Waals surface area (Å²) in [6.45, 7) is -0.0273. The second-order valence-corrected chi connectivity index (χ2v) is 6.75. The van der Waals surface area contributed by atoms with Crippen LogP contribution in [0.25, 0.3) is 0 Å². The van der Waals surface area contributed by atoms with E-state index >= 15 is 0 Å². The van der Waals surface area contributed by atoms with Gasteiger partial charge in [0.25, 0.3) is 0 Å². The number of ether oxygens (including phenoxy) is 1. The number of aliphatic carboxylic acids is 1. The second-order valence-electron chi connectivity index (χ2n) is 3.90. The van der Waals surface area contributed by atoms with Crippen LogP contribution in [-0.2, 0) is 19.6 Å². The number of hydrogen-bond donors (Lipinski definition) is 1. The Balaban J connectivity index is 2.27. The highest BCUT2D eigenvalue weighted by Gasteiger charge is 2.34. The Morgan fingerprint density at radius 3 is 2.89 bits per heavy atom. The molecule has 0 aromatic carbocycles. The van der Waals surface area contributed by atoms with Gasteiger partial charge in [-0.2, -0.15) is 4.31 Å². The van der Waals surface area contributed by atoms with Crippen molar-refractivity contribution in [3.05, 3.63) is 22.9 Å². The third-order valence-corrected chi connectivity index (χ3v) is 4.89. The fourth-order valence-corrected chi connectivity index (χ4v) is 3.61. The predicted octanol–water partition coefficient (Wildman–Crippen LogP) is 0.318. The lowest BCUT2D eigenvalue weighted by atomic mass is 10.3. The van der Waals surface area contributed by atoms with Gasteiger partial charge in [0.05, 0.1) is 13.2 Å². The molecule has 7 nitrogen and oxygen atoms in total. The Kier molecular flexibility index (Phi) is 4.19. The number of carboxylic acids is 1. The molecule has 1 aromatic rings. The molecule has 19 heavy (non-hydrogen) atoms. The van der Waals surface area contributed by atoms with Crippen molar-refractivity contribution in [3.63, 3.8) is 0 Å². The van der Waals surface area contributed by atoms with Crippen molar-refractivity contribution in [2.24, 2.45) is 0 Å². The van der Waals surface area contributed by atoms with Gasteiger partial charge in [0.15, 0.2) is 6.10 Å². The zero-order chi connectivity index (χ0) is 14.0. The molecule has 0 bridgehead atoms. The summed E-state index contributed by atoms with van der Waals surface area (Å²) in [5.41, 5.74) is 0. The number of carboxylic acid groups (broad SMARTS) is 1. The molecule has 1 fully saturated rings. The molecule has 2 rings (SSSR count). The molecule has 0 aliphatic carbocycles.